The third-order valence-corrected chi connectivity index (χ3v) is 2.00. The summed E-state index contributed by atoms with van der Waals surface area (Å²) in [6.07, 6.45) is 3.82. The summed E-state index contributed by atoms with van der Waals surface area (Å²) in [6.45, 7) is 8.16. The van der Waals surface area contributed by atoms with Gasteiger partial charge in [-0.3, -0.25) is 0 Å². The molecule has 84 valence electrons. The molecule has 0 bridgehead atoms. The zero-order valence-electron chi connectivity index (χ0n) is 9.31. The Morgan fingerprint density at radius 1 is 1.60 bits per heavy atom. The fourth-order valence-electron chi connectivity index (χ4n) is 1.37. The van der Waals surface area contributed by atoms with E-state index >= 15 is 0 Å². The highest BCUT2D eigenvalue weighted by atomic mass is 16.7. The van der Waals surface area contributed by atoms with Gasteiger partial charge in [-0.25, -0.2) is 0 Å². The molecule has 0 saturated heterocycles. The molecule has 1 rings (SSSR count). The van der Waals surface area contributed by atoms with Crippen molar-refractivity contribution in [3.05, 3.63) is 36.8 Å². The third kappa shape index (κ3) is 3.90. The van der Waals surface area contributed by atoms with Gasteiger partial charge in [0.05, 0.1) is 6.26 Å². The first-order valence-corrected chi connectivity index (χ1v) is 5.19. The van der Waals surface area contributed by atoms with Crippen LogP contribution in [0.15, 0.2) is 35.5 Å². The van der Waals surface area contributed by atoms with Crippen LogP contribution in [0.4, 0.5) is 0 Å². The van der Waals surface area contributed by atoms with Crippen LogP contribution in [0.3, 0.4) is 0 Å². The second-order valence-electron chi connectivity index (χ2n) is 3.19. The summed E-state index contributed by atoms with van der Waals surface area (Å²) in [6, 6.07) is 3.74. The Labute approximate surface area is 90.7 Å². The molecule has 0 amide bonds. The maximum Gasteiger partial charge on any atom is 0.155 e. The summed E-state index contributed by atoms with van der Waals surface area (Å²) in [5.41, 5.74) is 0. The zero-order chi connectivity index (χ0) is 11.1. The Bertz CT molecular complexity index is 266. The SMILES string of the molecule is C=CC[C@H](OC(C)OCC)c1ccco1. The van der Waals surface area contributed by atoms with Crippen LogP contribution in [0.2, 0.25) is 0 Å². The molecule has 0 aromatic carbocycles. The first kappa shape index (κ1) is 12.0. The summed E-state index contributed by atoms with van der Waals surface area (Å²) in [5.74, 6) is 0.807. The minimum absolute atomic E-state index is 0.112. The van der Waals surface area contributed by atoms with Crippen molar-refractivity contribution in [3.63, 3.8) is 0 Å². The quantitative estimate of drug-likeness (QED) is 0.511. The highest BCUT2D eigenvalue weighted by Gasteiger charge is 2.16. The van der Waals surface area contributed by atoms with E-state index < -0.39 is 0 Å². The normalized spacial score (nSPS) is 14.8. The molecule has 3 nitrogen and oxygen atoms in total. The number of rotatable bonds is 7. The van der Waals surface area contributed by atoms with Gasteiger partial charge < -0.3 is 13.9 Å². The summed E-state index contributed by atoms with van der Waals surface area (Å²) >= 11 is 0. The van der Waals surface area contributed by atoms with Gasteiger partial charge >= 0.3 is 0 Å². The molecule has 0 saturated carbocycles. The molecular formula is C12H18O3. The largest absolute Gasteiger partial charge is 0.467 e. The van der Waals surface area contributed by atoms with Crippen LogP contribution < -0.4 is 0 Å². The average molecular weight is 210 g/mol. The van der Waals surface area contributed by atoms with Gasteiger partial charge in [0, 0.05) is 6.61 Å². The lowest BCUT2D eigenvalue weighted by atomic mass is 10.2. The van der Waals surface area contributed by atoms with Crippen LogP contribution in [0.25, 0.3) is 0 Å². The summed E-state index contributed by atoms with van der Waals surface area (Å²) < 4.78 is 16.3. The molecule has 0 aliphatic carbocycles. The van der Waals surface area contributed by atoms with Gasteiger partial charge in [0.1, 0.15) is 11.9 Å². The van der Waals surface area contributed by atoms with Crippen molar-refractivity contribution in [2.75, 3.05) is 6.61 Å². The van der Waals surface area contributed by atoms with Crippen LogP contribution in [0, 0.1) is 0 Å². The molecule has 0 N–H and O–H groups in total. The number of hydrogen-bond donors (Lipinski definition) is 0. The van der Waals surface area contributed by atoms with Gasteiger partial charge in [-0.15, -0.1) is 6.58 Å². The van der Waals surface area contributed by atoms with Gasteiger partial charge in [0.25, 0.3) is 0 Å². The van der Waals surface area contributed by atoms with E-state index in [0.29, 0.717) is 13.0 Å². The summed E-state index contributed by atoms with van der Waals surface area (Å²) in [7, 11) is 0. The molecule has 1 aromatic rings. The molecule has 0 fully saturated rings. The molecule has 3 heteroatoms. The lowest BCUT2D eigenvalue weighted by Crippen LogP contribution is -2.16. The van der Waals surface area contributed by atoms with E-state index in [1.54, 1.807) is 6.26 Å². The van der Waals surface area contributed by atoms with Gasteiger partial charge in [-0.1, -0.05) is 6.08 Å². The number of ether oxygens (including phenoxy) is 2. The lowest BCUT2D eigenvalue weighted by molar-refractivity contribution is -0.162. The first-order chi connectivity index (χ1) is 7.27. The van der Waals surface area contributed by atoms with E-state index in [1.807, 2.05) is 32.1 Å². The van der Waals surface area contributed by atoms with E-state index in [2.05, 4.69) is 6.58 Å². The van der Waals surface area contributed by atoms with Crippen molar-refractivity contribution in [2.24, 2.45) is 0 Å². The molecule has 0 aliphatic rings. The zero-order valence-corrected chi connectivity index (χ0v) is 9.31. The third-order valence-electron chi connectivity index (χ3n) is 2.00. The van der Waals surface area contributed by atoms with Gasteiger partial charge in [0.2, 0.25) is 0 Å². The topological polar surface area (TPSA) is 31.6 Å². The smallest absolute Gasteiger partial charge is 0.155 e. The Morgan fingerprint density at radius 3 is 2.93 bits per heavy atom. The molecule has 0 aliphatic heterocycles. The van der Waals surface area contributed by atoms with E-state index in [4.69, 9.17) is 13.9 Å². The fourth-order valence-corrected chi connectivity index (χ4v) is 1.37. The fraction of sp³-hybridized carbons (Fsp3) is 0.500. The van der Waals surface area contributed by atoms with Crippen LogP contribution in [0.5, 0.6) is 0 Å². The maximum atomic E-state index is 5.69. The Morgan fingerprint density at radius 2 is 2.40 bits per heavy atom. The molecule has 0 spiro atoms. The molecule has 1 unspecified atom stereocenters. The minimum Gasteiger partial charge on any atom is -0.467 e. The van der Waals surface area contributed by atoms with E-state index in [1.165, 1.54) is 0 Å². The second kappa shape index (κ2) is 6.43. The Balaban J connectivity index is 2.54. The maximum absolute atomic E-state index is 5.69. The van der Waals surface area contributed by atoms with Crippen molar-refractivity contribution in [1.29, 1.82) is 0 Å². The molecule has 1 aromatic heterocycles. The number of furan rings is 1. The highest BCUT2D eigenvalue weighted by Crippen LogP contribution is 2.23. The molecular weight excluding hydrogens is 192 g/mol. The van der Waals surface area contributed by atoms with Crippen molar-refractivity contribution >= 4 is 0 Å². The van der Waals surface area contributed by atoms with Gasteiger partial charge in [-0.05, 0) is 32.4 Å². The molecule has 0 radical (unpaired) electrons. The number of hydrogen-bond acceptors (Lipinski definition) is 3. The van der Waals surface area contributed by atoms with Gasteiger partial charge in [-0.2, -0.15) is 0 Å². The van der Waals surface area contributed by atoms with E-state index in [0.717, 1.165) is 5.76 Å². The predicted molar refractivity (Wildman–Crippen MR) is 58.4 cm³/mol. The second-order valence-corrected chi connectivity index (χ2v) is 3.19. The first-order valence-electron chi connectivity index (χ1n) is 5.19. The highest BCUT2D eigenvalue weighted by molar-refractivity contribution is 5.03. The van der Waals surface area contributed by atoms with Gasteiger partial charge in [0.15, 0.2) is 6.29 Å². The Hall–Kier alpha value is -1.06. The summed E-state index contributed by atoms with van der Waals surface area (Å²) in [5, 5.41) is 0. The van der Waals surface area contributed by atoms with Crippen LogP contribution >= 0.6 is 0 Å². The molecule has 1 heterocycles. The standard InChI is InChI=1S/C12H18O3/c1-4-7-12(11-8-6-9-14-11)15-10(3)13-5-2/h4,6,8-10,12H,1,5,7H2,2-3H3/t10?,12-/m0/s1. The Kier molecular flexibility index (Phi) is 5.15. The van der Waals surface area contributed by atoms with Crippen LogP contribution in [-0.2, 0) is 9.47 Å². The van der Waals surface area contributed by atoms with Crippen molar-refractivity contribution in [2.45, 2.75) is 32.7 Å². The monoisotopic (exact) mass is 210 g/mol. The molecule has 2 atom stereocenters. The molecule has 15 heavy (non-hydrogen) atoms. The van der Waals surface area contributed by atoms with Crippen molar-refractivity contribution < 1.29 is 13.9 Å². The van der Waals surface area contributed by atoms with E-state index in [9.17, 15) is 0 Å². The average Bonchev–Trinajstić information content (AvgIpc) is 2.70. The van der Waals surface area contributed by atoms with Crippen LogP contribution in [0.1, 0.15) is 32.1 Å². The lowest BCUT2D eigenvalue weighted by Gasteiger charge is -2.19. The van der Waals surface area contributed by atoms with Crippen molar-refractivity contribution in [1.82, 2.24) is 0 Å². The minimum atomic E-state index is -0.231. The summed E-state index contributed by atoms with van der Waals surface area (Å²) in [4.78, 5) is 0. The van der Waals surface area contributed by atoms with Crippen LogP contribution in [-0.4, -0.2) is 12.9 Å². The van der Waals surface area contributed by atoms with Crippen molar-refractivity contribution in [3.8, 4) is 0 Å². The van der Waals surface area contributed by atoms with E-state index in [-0.39, 0.29) is 12.4 Å². The predicted octanol–water partition coefficient (Wildman–Crippen LogP) is 3.30.